The molecule has 2 aliphatic heterocycles. The average molecular weight is 802 g/mol. The summed E-state index contributed by atoms with van der Waals surface area (Å²) in [6.07, 6.45) is 1.96. The van der Waals surface area contributed by atoms with Crippen LogP contribution in [0.1, 0.15) is 90.1 Å². The number of hydrogen-bond acceptors (Lipinski definition) is 2. The number of nitrogens with zero attached hydrogens (tertiary/aromatic N) is 4. The summed E-state index contributed by atoms with van der Waals surface area (Å²) in [5.41, 5.74) is 16.3. The van der Waals surface area contributed by atoms with Crippen LogP contribution < -0.4 is 13.9 Å². The van der Waals surface area contributed by atoms with E-state index in [9.17, 15) is 0 Å². The lowest BCUT2D eigenvalue weighted by Gasteiger charge is -2.40. The van der Waals surface area contributed by atoms with Gasteiger partial charge in [-0.3, -0.25) is 4.57 Å². The van der Waals surface area contributed by atoms with Gasteiger partial charge in [0.2, 0.25) is 11.4 Å². The molecule has 1 saturated heterocycles. The molecule has 8 aromatic rings. The van der Waals surface area contributed by atoms with Crippen molar-refractivity contribution in [1.29, 1.82) is 0 Å². The minimum atomic E-state index is -0.0172. The number of aromatic nitrogens is 2. The first-order chi connectivity index (χ1) is 28.9. The summed E-state index contributed by atoms with van der Waals surface area (Å²) in [6, 6.07) is 49.1. The Bertz CT molecular complexity index is 3050. The molecule has 2 aromatic heterocycles. The van der Waals surface area contributed by atoms with Gasteiger partial charge in [-0.2, -0.15) is 9.18 Å². The standard InChI is InChI=1S/C56H57N4O/c1-36-28-41(56(9,10)11)29-37(2)53(36)38-26-27-57-52(30-38)58-48-32-40(55(6,7)8)22-24-46(48)47-25-23-45(34-49(47)58)61-44-19-15-18-43(33-44)60-35-59(60,50-20-12-13-21-51(50)60)42-17-14-16-39(31-42)54(3,4)5/h12-35H,1-11H3/q+1/t59-,60?/m0/s1. The van der Waals surface area contributed by atoms with Crippen molar-refractivity contribution in [3.63, 3.8) is 0 Å². The van der Waals surface area contributed by atoms with Crippen LogP contribution in [-0.2, 0) is 16.2 Å². The monoisotopic (exact) mass is 801 g/mol. The third-order valence-corrected chi connectivity index (χ3v) is 13.2. The van der Waals surface area contributed by atoms with Crippen molar-refractivity contribution in [1.82, 2.24) is 18.7 Å². The van der Waals surface area contributed by atoms with E-state index in [4.69, 9.17) is 9.72 Å². The molecule has 0 radical (unpaired) electrons. The molecule has 10 rings (SSSR count). The minimum absolute atomic E-state index is 0.0172. The van der Waals surface area contributed by atoms with Crippen LogP contribution >= 0.6 is 0 Å². The third kappa shape index (κ3) is 6.00. The van der Waals surface area contributed by atoms with Gasteiger partial charge in [0.15, 0.2) is 18.0 Å². The molecular formula is C56H57N4O+. The number of fused-ring (bicyclic) bond motifs is 7. The van der Waals surface area contributed by atoms with Crippen molar-refractivity contribution < 1.29 is 4.74 Å². The van der Waals surface area contributed by atoms with Crippen LogP contribution in [0.15, 0.2) is 140 Å². The Morgan fingerprint density at radius 3 is 1.70 bits per heavy atom. The van der Waals surface area contributed by atoms with Gasteiger partial charge in [-0.25, -0.2) is 4.98 Å². The first kappa shape index (κ1) is 39.1. The van der Waals surface area contributed by atoms with Gasteiger partial charge in [-0.1, -0.05) is 117 Å². The summed E-state index contributed by atoms with van der Waals surface area (Å²) in [5, 5.41) is 2.36. The van der Waals surface area contributed by atoms with E-state index in [1.807, 2.05) is 6.20 Å². The molecule has 0 bridgehead atoms. The van der Waals surface area contributed by atoms with E-state index in [0.29, 0.717) is 9.18 Å². The SMILES string of the molecule is Cc1cc(C(C)(C)C)cc(C)c1-c1ccnc(-n2c3cc(Oc4cccc([N+]56[CH-][N@+]5(c5cccc(C(C)(C)C)c5)c5ccccc56)c4)ccc3c3ccc(C(C)(C)C)cc32)c1. The van der Waals surface area contributed by atoms with Crippen LogP contribution in [0.4, 0.5) is 22.7 Å². The van der Waals surface area contributed by atoms with E-state index < -0.39 is 0 Å². The summed E-state index contributed by atoms with van der Waals surface area (Å²) < 4.78 is 10.5. The number of rotatable bonds is 6. The van der Waals surface area contributed by atoms with Gasteiger partial charge < -0.3 is 4.74 Å². The second-order valence-electron chi connectivity index (χ2n) is 20.5. The highest BCUT2D eigenvalue weighted by atomic mass is 16.5. The van der Waals surface area contributed by atoms with Crippen LogP contribution in [0, 0.1) is 20.5 Å². The molecular weight excluding hydrogens is 745 g/mol. The van der Waals surface area contributed by atoms with E-state index in [0.717, 1.165) is 28.4 Å². The Hall–Kier alpha value is -6.01. The van der Waals surface area contributed by atoms with Gasteiger partial charge in [-0.15, -0.1) is 0 Å². The Morgan fingerprint density at radius 1 is 0.508 bits per heavy atom. The highest BCUT2D eigenvalue weighted by Gasteiger charge is 2.77. The average Bonchev–Trinajstić information content (AvgIpc) is 3.70. The van der Waals surface area contributed by atoms with E-state index in [2.05, 4.69) is 221 Å². The van der Waals surface area contributed by atoms with Crippen molar-refractivity contribution in [3.05, 3.63) is 174 Å². The zero-order chi connectivity index (χ0) is 42.9. The second-order valence-corrected chi connectivity index (χ2v) is 20.5. The number of quaternary nitrogens is 2. The molecule has 0 aliphatic carbocycles. The summed E-state index contributed by atoms with van der Waals surface area (Å²) in [4.78, 5) is 5.07. The van der Waals surface area contributed by atoms with Crippen molar-refractivity contribution >= 4 is 44.6 Å². The Kier molecular flexibility index (Phi) is 8.50. The zero-order valence-electron chi connectivity index (χ0n) is 37.6. The molecule has 2 atom stereocenters. The molecule has 61 heavy (non-hydrogen) atoms. The Morgan fingerprint density at radius 2 is 1.07 bits per heavy atom. The first-order valence-corrected chi connectivity index (χ1v) is 21.7. The van der Waals surface area contributed by atoms with Crippen LogP contribution in [0.5, 0.6) is 11.5 Å². The zero-order valence-corrected chi connectivity index (χ0v) is 37.6. The fourth-order valence-electron chi connectivity index (χ4n) is 9.86. The summed E-state index contributed by atoms with van der Waals surface area (Å²) in [6.45, 7) is 27.4. The summed E-state index contributed by atoms with van der Waals surface area (Å²) >= 11 is 0. The molecule has 2 aliphatic rings. The molecule has 5 nitrogen and oxygen atoms in total. The second kappa shape index (κ2) is 13.2. The molecule has 0 N–H and O–H groups in total. The van der Waals surface area contributed by atoms with Crippen LogP contribution in [0.25, 0.3) is 38.8 Å². The van der Waals surface area contributed by atoms with Crippen LogP contribution in [-0.4, -0.2) is 9.55 Å². The number of para-hydroxylation sites is 2. The van der Waals surface area contributed by atoms with Crippen LogP contribution in [0.2, 0.25) is 0 Å². The Balaban J connectivity index is 1.07. The largest absolute Gasteiger partial charge is 0.457 e. The van der Waals surface area contributed by atoms with Crippen molar-refractivity contribution in [3.8, 4) is 28.4 Å². The van der Waals surface area contributed by atoms with E-state index in [1.54, 1.807) is 0 Å². The molecule has 0 amide bonds. The van der Waals surface area contributed by atoms with Crippen LogP contribution in [0.3, 0.4) is 0 Å². The maximum absolute atomic E-state index is 6.86. The highest BCUT2D eigenvalue weighted by molar-refractivity contribution is 6.10. The smallest absolute Gasteiger partial charge is 0.225 e. The number of pyridine rings is 1. The quantitative estimate of drug-likeness (QED) is 0.0951. The van der Waals surface area contributed by atoms with Gasteiger partial charge >= 0.3 is 0 Å². The molecule has 4 heterocycles. The number of aryl methyl sites for hydroxylation is 2. The summed E-state index contributed by atoms with van der Waals surface area (Å²) in [7, 11) is 0. The highest BCUT2D eigenvalue weighted by Crippen LogP contribution is 2.75. The lowest BCUT2D eigenvalue weighted by molar-refractivity contribution is 0.423. The van der Waals surface area contributed by atoms with E-state index in [1.165, 1.54) is 72.5 Å². The molecule has 0 saturated carbocycles. The molecule has 0 spiro atoms. The third-order valence-electron chi connectivity index (χ3n) is 13.2. The van der Waals surface area contributed by atoms with Gasteiger partial charge in [0.25, 0.3) is 0 Å². The van der Waals surface area contributed by atoms with E-state index in [-0.39, 0.29) is 16.2 Å². The van der Waals surface area contributed by atoms with Gasteiger partial charge in [-0.05, 0) is 105 Å². The maximum Gasteiger partial charge on any atom is 0.225 e. The van der Waals surface area contributed by atoms with Crippen molar-refractivity contribution in [2.24, 2.45) is 0 Å². The lowest BCUT2D eigenvalue weighted by Crippen LogP contribution is -2.46. The predicted octanol–water partition coefficient (Wildman–Crippen LogP) is 15.5. The fraction of sp³-hybridized carbons (Fsp3) is 0.250. The van der Waals surface area contributed by atoms with E-state index >= 15 is 0 Å². The number of benzene rings is 6. The molecule has 6 aromatic carbocycles. The lowest BCUT2D eigenvalue weighted by atomic mass is 9.83. The Labute approximate surface area is 361 Å². The normalized spacial score (nSPS) is 18.5. The molecule has 1 fully saturated rings. The number of ether oxygens (including phenoxy) is 1. The fourth-order valence-corrected chi connectivity index (χ4v) is 9.86. The van der Waals surface area contributed by atoms with Gasteiger partial charge in [0, 0.05) is 59.4 Å². The summed E-state index contributed by atoms with van der Waals surface area (Å²) in [5.74, 6) is 2.47. The van der Waals surface area contributed by atoms with Gasteiger partial charge in [0.05, 0.1) is 11.0 Å². The van der Waals surface area contributed by atoms with Gasteiger partial charge in [0.1, 0.15) is 17.3 Å². The number of hydrogen-bond donors (Lipinski definition) is 0. The first-order valence-electron chi connectivity index (χ1n) is 21.7. The molecule has 306 valence electrons. The molecule has 1 unspecified atom stereocenters. The topological polar surface area (TPSA) is 27.1 Å². The predicted molar refractivity (Wildman–Crippen MR) is 256 cm³/mol. The maximum atomic E-state index is 6.86. The minimum Gasteiger partial charge on any atom is -0.457 e. The van der Waals surface area contributed by atoms with Crippen molar-refractivity contribution in [2.45, 2.75) is 92.4 Å². The molecule has 5 heteroatoms. The van der Waals surface area contributed by atoms with Crippen molar-refractivity contribution in [2.75, 3.05) is 0 Å².